The summed E-state index contributed by atoms with van der Waals surface area (Å²) < 4.78 is 40.0. The number of carbonyl (C=O) groups is 1. The molecule has 4 rings (SSSR count). The maximum Gasteiger partial charge on any atom is 0.417 e. The van der Waals surface area contributed by atoms with Crippen molar-refractivity contribution in [3.63, 3.8) is 0 Å². The minimum absolute atomic E-state index is 0.137. The number of fused-ring (bicyclic) bond motifs is 1. The Kier molecular flexibility index (Phi) is 5.76. The number of amides is 2. The van der Waals surface area contributed by atoms with Crippen molar-refractivity contribution in [3.05, 3.63) is 46.1 Å². The van der Waals surface area contributed by atoms with Crippen molar-refractivity contribution >= 4 is 28.7 Å². The molecule has 12 heteroatoms. The fourth-order valence-electron chi connectivity index (χ4n) is 3.98. The highest BCUT2D eigenvalue weighted by Gasteiger charge is 2.33. The lowest BCUT2D eigenvalue weighted by atomic mass is 10.0. The first-order valence-corrected chi connectivity index (χ1v) is 10.4. The second kappa shape index (κ2) is 8.41. The average molecular weight is 463 g/mol. The quantitative estimate of drug-likeness (QED) is 0.622. The van der Waals surface area contributed by atoms with Crippen LogP contribution in [-0.4, -0.2) is 56.6 Å². The zero-order chi connectivity index (χ0) is 23.9. The lowest BCUT2D eigenvalue weighted by Crippen LogP contribution is -2.47. The topological polar surface area (TPSA) is 99.2 Å². The molecule has 0 radical (unpaired) electrons. The molecule has 0 spiro atoms. The summed E-state index contributed by atoms with van der Waals surface area (Å²) in [6.07, 6.45) is -0.952. The normalized spacial score (nSPS) is 15.2. The van der Waals surface area contributed by atoms with Crippen LogP contribution in [0.4, 0.5) is 29.5 Å². The molecule has 33 heavy (non-hydrogen) atoms. The summed E-state index contributed by atoms with van der Waals surface area (Å²) in [7, 11) is 2.78. The van der Waals surface area contributed by atoms with Gasteiger partial charge in [-0.2, -0.15) is 13.2 Å². The van der Waals surface area contributed by atoms with E-state index >= 15 is 0 Å². The van der Waals surface area contributed by atoms with Gasteiger partial charge in [0.2, 0.25) is 0 Å². The minimum atomic E-state index is -4.63. The first-order chi connectivity index (χ1) is 15.5. The van der Waals surface area contributed by atoms with Crippen molar-refractivity contribution in [1.82, 2.24) is 24.4 Å². The van der Waals surface area contributed by atoms with Gasteiger partial charge >= 0.3 is 12.2 Å². The number of nitrogens with zero attached hydrogens (tertiary/aromatic N) is 5. The van der Waals surface area contributed by atoms with E-state index in [9.17, 15) is 22.8 Å². The Morgan fingerprint density at radius 1 is 1.27 bits per heavy atom. The molecule has 0 unspecified atom stereocenters. The fourth-order valence-corrected chi connectivity index (χ4v) is 3.98. The summed E-state index contributed by atoms with van der Waals surface area (Å²) in [5, 5.41) is 2.34. The van der Waals surface area contributed by atoms with Crippen LogP contribution in [0.5, 0.6) is 0 Å². The number of pyridine rings is 1. The van der Waals surface area contributed by atoms with Gasteiger partial charge in [0.25, 0.3) is 5.56 Å². The van der Waals surface area contributed by atoms with Crippen LogP contribution < -0.4 is 15.8 Å². The smallest absolute Gasteiger partial charge is 0.355 e. The molecule has 1 aliphatic rings. The number of aryl methyl sites for hydroxylation is 2. The Labute approximate surface area is 187 Å². The van der Waals surface area contributed by atoms with Gasteiger partial charge in [-0.15, -0.1) is 0 Å². The summed E-state index contributed by atoms with van der Waals surface area (Å²) in [5.74, 6) is 0.750. The number of rotatable bonds is 3. The summed E-state index contributed by atoms with van der Waals surface area (Å²) >= 11 is 0. The molecule has 0 aliphatic carbocycles. The molecular formula is C21H24F3N7O2. The first-order valence-electron chi connectivity index (χ1n) is 10.4. The van der Waals surface area contributed by atoms with Crippen molar-refractivity contribution in [2.75, 3.05) is 30.4 Å². The molecule has 3 aromatic rings. The molecule has 1 fully saturated rings. The average Bonchev–Trinajstić information content (AvgIpc) is 3.14. The van der Waals surface area contributed by atoms with Crippen LogP contribution >= 0.6 is 0 Å². The molecule has 176 valence electrons. The number of halogens is 3. The number of anilines is 2. The molecule has 3 aromatic heterocycles. The molecule has 2 amide bonds. The Hall–Kier alpha value is -3.57. The van der Waals surface area contributed by atoms with E-state index in [0.29, 0.717) is 38.2 Å². The van der Waals surface area contributed by atoms with Crippen molar-refractivity contribution < 1.29 is 18.0 Å². The predicted octanol–water partition coefficient (Wildman–Crippen LogP) is 3.12. The van der Waals surface area contributed by atoms with E-state index in [4.69, 9.17) is 0 Å². The molecular weight excluding hydrogens is 439 g/mol. The number of H-pyrrole nitrogens is 1. The maximum atomic E-state index is 13.1. The van der Waals surface area contributed by atoms with Gasteiger partial charge in [0.1, 0.15) is 17.0 Å². The fraction of sp³-hybridized carbons (Fsp3) is 0.429. The predicted molar refractivity (Wildman–Crippen MR) is 117 cm³/mol. The number of hydrogen-bond acceptors (Lipinski definition) is 5. The van der Waals surface area contributed by atoms with E-state index in [2.05, 4.69) is 25.2 Å². The number of hydrogen-bond donors (Lipinski definition) is 2. The summed E-state index contributed by atoms with van der Waals surface area (Å²) in [6.45, 7) is 3.21. The SMILES string of the molecule is Cc1cc2nc(N3CCC(N(C)C(=O)Nc4cc(C(F)(F)F)cn(C)c4=O)CC3)cnc2[nH]1. The van der Waals surface area contributed by atoms with Gasteiger partial charge < -0.3 is 24.7 Å². The standard InChI is InChI=1S/C21H24F3N7O2/c1-12-8-15-18(26-12)25-10-17(27-15)31-6-4-14(5-7-31)30(3)20(33)28-16-9-13(21(22,23)24)11-29(2)19(16)32/h8-11,14H,4-7H2,1-3H3,(H,25,26)(H,28,33). The Morgan fingerprint density at radius 2 is 1.97 bits per heavy atom. The molecule has 0 atom stereocenters. The van der Waals surface area contributed by atoms with E-state index in [0.717, 1.165) is 27.2 Å². The summed E-state index contributed by atoms with van der Waals surface area (Å²) in [6, 6.07) is 1.82. The monoisotopic (exact) mass is 463 g/mol. The van der Waals surface area contributed by atoms with E-state index < -0.39 is 29.0 Å². The van der Waals surface area contributed by atoms with E-state index in [-0.39, 0.29) is 6.04 Å². The first kappa shape index (κ1) is 22.6. The van der Waals surface area contributed by atoms with Gasteiger partial charge in [-0.25, -0.2) is 14.8 Å². The van der Waals surface area contributed by atoms with Crippen LogP contribution in [0.1, 0.15) is 24.1 Å². The second-order valence-corrected chi connectivity index (χ2v) is 8.23. The minimum Gasteiger partial charge on any atom is -0.355 e. The van der Waals surface area contributed by atoms with Gasteiger partial charge in [0.05, 0.1) is 11.8 Å². The van der Waals surface area contributed by atoms with Crippen molar-refractivity contribution in [2.24, 2.45) is 7.05 Å². The molecule has 4 heterocycles. The number of alkyl halides is 3. The third-order valence-corrected chi connectivity index (χ3v) is 5.86. The van der Waals surface area contributed by atoms with Crippen LogP contribution in [0, 0.1) is 6.92 Å². The number of aromatic nitrogens is 4. The zero-order valence-corrected chi connectivity index (χ0v) is 18.4. The number of urea groups is 1. The second-order valence-electron chi connectivity index (χ2n) is 8.23. The third-order valence-electron chi connectivity index (χ3n) is 5.86. The van der Waals surface area contributed by atoms with Crippen LogP contribution in [0.25, 0.3) is 11.2 Å². The van der Waals surface area contributed by atoms with E-state index in [1.54, 1.807) is 13.2 Å². The van der Waals surface area contributed by atoms with E-state index in [1.807, 2.05) is 13.0 Å². The lowest BCUT2D eigenvalue weighted by Gasteiger charge is -2.37. The number of piperidine rings is 1. The Balaban J connectivity index is 1.41. The lowest BCUT2D eigenvalue weighted by molar-refractivity contribution is -0.138. The highest BCUT2D eigenvalue weighted by Crippen LogP contribution is 2.29. The Morgan fingerprint density at radius 3 is 2.64 bits per heavy atom. The molecule has 0 bridgehead atoms. The molecule has 9 nitrogen and oxygen atoms in total. The van der Waals surface area contributed by atoms with Crippen LogP contribution in [0.3, 0.4) is 0 Å². The van der Waals surface area contributed by atoms with Gasteiger partial charge in [-0.1, -0.05) is 0 Å². The number of nitrogens with one attached hydrogen (secondary N) is 2. The van der Waals surface area contributed by atoms with Gasteiger partial charge in [-0.05, 0) is 31.9 Å². The van der Waals surface area contributed by atoms with Crippen molar-refractivity contribution in [3.8, 4) is 0 Å². The molecule has 0 aromatic carbocycles. The molecule has 1 aliphatic heterocycles. The van der Waals surface area contributed by atoms with Gasteiger partial charge in [-0.3, -0.25) is 4.79 Å². The van der Waals surface area contributed by atoms with Crippen LogP contribution in [-0.2, 0) is 13.2 Å². The zero-order valence-electron chi connectivity index (χ0n) is 18.4. The molecule has 2 N–H and O–H groups in total. The highest BCUT2D eigenvalue weighted by atomic mass is 19.4. The molecule has 1 saturated heterocycles. The summed E-state index contributed by atoms with van der Waals surface area (Å²) in [4.78, 5) is 40.6. The van der Waals surface area contributed by atoms with Gasteiger partial charge in [0, 0.05) is 45.1 Å². The van der Waals surface area contributed by atoms with Crippen LogP contribution in [0.15, 0.2) is 29.3 Å². The van der Waals surface area contributed by atoms with Crippen molar-refractivity contribution in [1.29, 1.82) is 0 Å². The number of carbonyl (C=O) groups excluding carboxylic acids is 1. The molecule has 0 saturated carbocycles. The van der Waals surface area contributed by atoms with Crippen molar-refractivity contribution in [2.45, 2.75) is 32.0 Å². The largest absolute Gasteiger partial charge is 0.417 e. The summed E-state index contributed by atoms with van der Waals surface area (Å²) in [5.41, 5.74) is 0.353. The highest BCUT2D eigenvalue weighted by molar-refractivity contribution is 5.89. The number of aromatic amines is 1. The van der Waals surface area contributed by atoms with E-state index in [1.165, 1.54) is 11.9 Å². The Bertz CT molecular complexity index is 1240. The van der Waals surface area contributed by atoms with Gasteiger partial charge in [0.15, 0.2) is 5.65 Å². The maximum absolute atomic E-state index is 13.1. The third kappa shape index (κ3) is 4.64. The van der Waals surface area contributed by atoms with Crippen LogP contribution in [0.2, 0.25) is 0 Å².